The Kier molecular flexibility index (Phi) is 4.13. The highest BCUT2D eigenvalue weighted by Crippen LogP contribution is 2.20. The van der Waals surface area contributed by atoms with Crippen molar-refractivity contribution in [3.63, 3.8) is 0 Å². The molecule has 0 spiro atoms. The Labute approximate surface area is 105 Å². The highest BCUT2D eigenvalue weighted by atomic mass is 32.1. The summed E-state index contributed by atoms with van der Waals surface area (Å²) in [7, 11) is 0. The van der Waals surface area contributed by atoms with Crippen LogP contribution in [0.25, 0.3) is 0 Å². The van der Waals surface area contributed by atoms with E-state index in [2.05, 4.69) is 11.4 Å². The van der Waals surface area contributed by atoms with Crippen molar-refractivity contribution in [1.29, 1.82) is 5.26 Å². The monoisotopic (exact) mass is 252 g/mol. The molecule has 0 aromatic carbocycles. The fourth-order valence-electron chi connectivity index (χ4n) is 1.88. The number of nitrogens with zero attached hydrogens (tertiary/aromatic N) is 1. The molecule has 0 aliphatic carbocycles. The van der Waals surface area contributed by atoms with Crippen molar-refractivity contribution in [3.8, 4) is 6.07 Å². The molecule has 2 N–H and O–H groups in total. The van der Waals surface area contributed by atoms with Gasteiger partial charge in [0, 0.05) is 44.0 Å². The average molecular weight is 252 g/mol. The van der Waals surface area contributed by atoms with Crippen LogP contribution in [0.4, 0.5) is 0 Å². The van der Waals surface area contributed by atoms with Crippen LogP contribution in [-0.4, -0.2) is 30.5 Å². The van der Waals surface area contributed by atoms with Gasteiger partial charge in [0.25, 0.3) is 0 Å². The van der Waals surface area contributed by atoms with Crippen LogP contribution >= 0.6 is 11.3 Å². The molecule has 5 heteroatoms. The van der Waals surface area contributed by atoms with Gasteiger partial charge in [-0.05, 0) is 12.1 Å². The lowest BCUT2D eigenvalue weighted by molar-refractivity contribution is -0.0616. The van der Waals surface area contributed by atoms with E-state index in [0.717, 1.165) is 9.75 Å². The lowest BCUT2D eigenvalue weighted by atomic mass is 9.94. The molecular formula is C12H16N2O2S. The maximum absolute atomic E-state index is 10.2. The van der Waals surface area contributed by atoms with Gasteiger partial charge in [0.15, 0.2) is 0 Å². The quantitative estimate of drug-likeness (QED) is 0.846. The third kappa shape index (κ3) is 3.51. The van der Waals surface area contributed by atoms with E-state index in [0.29, 0.717) is 39.1 Å². The number of rotatable bonds is 4. The number of thiophene rings is 1. The van der Waals surface area contributed by atoms with Crippen LogP contribution in [0.5, 0.6) is 0 Å². The van der Waals surface area contributed by atoms with Crippen LogP contribution in [0, 0.1) is 11.3 Å². The predicted molar refractivity (Wildman–Crippen MR) is 65.7 cm³/mol. The average Bonchev–Trinajstić information content (AvgIpc) is 2.78. The molecule has 1 aliphatic rings. The van der Waals surface area contributed by atoms with Gasteiger partial charge < -0.3 is 15.2 Å². The smallest absolute Gasteiger partial charge is 0.110 e. The van der Waals surface area contributed by atoms with Gasteiger partial charge in [0.05, 0.1) is 5.60 Å². The summed E-state index contributed by atoms with van der Waals surface area (Å²) in [6.45, 7) is 2.55. The first-order valence-corrected chi connectivity index (χ1v) is 6.53. The summed E-state index contributed by atoms with van der Waals surface area (Å²) in [5.74, 6) is 0. The molecule has 0 unspecified atom stereocenters. The van der Waals surface area contributed by atoms with E-state index in [-0.39, 0.29) is 0 Å². The van der Waals surface area contributed by atoms with E-state index >= 15 is 0 Å². The van der Waals surface area contributed by atoms with Crippen LogP contribution in [0.2, 0.25) is 0 Å². The Morgan fingerprint density at radius 1 is 1.47 bits per heavy atom. The summed E-state index contributed by atoms with van der Waals surface area (Å²) < 4.78 is 5.23. The second-order valence-corrected chi connectivity index (χ2v) is 5.49. The summed E-state index contributed by atoms with van der Waals surface area (Å²) in [5.41, 5.74) is -0.631. The van der Waals surface area contributed by atoms with Gasteiger partial charge in [-0.2, -0.15) is 5.26 Å². The van der Waals surface area contributed by atoms with Crippen molar-refractivity contribution in [2.75, 3.05) is 19.8 Å². The Hall–Kier alpha value is -0.930. The zero-order chi connectivity index (χ0) is 12.1. The van der Waals surface area contributed by atoms with Crippen molar-refractivity contribution < 1.29 is 9.84 Å². The van der Waals surface area contributed by atoms with Crippen LogP contribution in [0.1, 0.15) is 22.6 Å². The summed E-state index contributed by atoms with van der Waals surface area (Å²) in [4.78, 5) is 1.85. The van der Waals surface area contributed by atoms with Crippen molar-refractivity contribution in [2.45, 2.75) is 25.0 Å². The van der Waals surface area contributed by atoms with Gasteiger partial charge in [-0.15, -0.1) is 11.3 Å². The Bertz CT molecular complexity index is 405. The van der Waals surface area contributed by atoms with Gasteiger partial charge in [-0.25, -0.2) is 0 Å². The van der Waals surface area contributed by atoms with Gasteiger partial charge in [-0.3, -0.25) is 0 Å². The number of hydrogen-bond acceptors (Lipinski definition) is 5. The summed E-state index contributed by atoms with van der Waals surface area (Å²) >= 11 is 1.49. The second-order valence-electron chi connectivity index (χ2n) is 4.32. The molecule has 1 aliphatic heterocycles. The maximum atomic E-state index is 10.2. The fraction of sp³-hybridized carbons (Fsp3) is 0.583. The molecule has 2 rings (SSSR count). The first kappa shape index (κ1) is 12.5. The summed E-state index contributed by atoms with van der Waals surface area (Å²) in [5, 5.41) is 22.2. The highest BCUT2D eigenvalue weighted by Gasteiger charge is 2.29. The third-order valence-corrected chi connectivity index (χ3v) is 3.94. The molecule has 4 nitrogen and oxygen atoms in total. The summed E-state index contributed by atoms with van der Waals surface area (Å²) in [6.07, 6.45) is 1.38. The van der Waals surface area contributed by atoms with Crippen molar-refractivity contribution in [2.24, 2.45) is 0 Å². The number of ether oxygens (including phenoxy) is 1. The maximum Gasteiger partial charge on any atom is 0.110 e. The van der Waals surface area contributed by atoms with Crippen LogP contribution in [0.15, 0.2) is 12.1 Å². The minimum Gasteiger partial charge on any atom is -0.388 e. The molecular weight excluding hydrogens is 236 g/mol. The van der Waals surface area contributed by atoms with Gasteiger partial charge >= 0.3 is 0 Å². The van der Waals surface area contributed by atoms with E-state index in [1.807, 2.05) is 12.1 Å². The summed E-state index contributed by atoms with van der Waals surface area (Å²) in [6, 6.07) is 5.89. The molecule has 0 bridgehead atoms. The molecule has 0 saturated carbocycles. The zero-order valence-electron chi connectivity index (χ0n) is 9.61. The lowest BCUT2D eigenvalue weighted by Crippen LogP contribution is -2.44. The van der Waals surface area contributed by atoms with E-state index in [4.69, 9.17) is 10.00 Å². The van der Waals surface area contributed by atoms with Crippen molar-refractivity contribution in [1.82, 2.24) is 5.32 Å². The molecule has 92 valence electrons. The Balaban J connectivity index is 1.77. The molecule has 2 heterocycles. The lowest BCUT2D eigenvalue weighted by Gasteiger charge is -2.32. The molecule has 0 atom stereocenters. The molecule has 1 saturated heterocycles. The number of hydrogen-bond donors (Lipinski definition) is 2. The zero-order valence-corrected chi connectivity index (χ0v) is 10.4. The van der Waals surface area contributed by atoms with Gasteiger partial charge in [0.2, 0.25) is 0 Å². The van der Waals surface area contributed by atoms with Crippen LogP contribution in [-0.2, 0) is 11.3 Å². The Morgan fingerprint density at radius 2 is 2.24 bits per heavy atom. The SMILES string of the molecule is N#Cc1ccc(CNCC2(O)CCOCC2)s1. The van der Waals surface area contributed by atoms with Crippen LogP contribution < -0.4 is 5.32 Å². The normalized spacial score (nSPS) is 18.8. The van der Waals surface area contributed by atoms with Gasteiger partial charge in [0.1, 0.15) is 10.9 Å². The first-order valence-electron chi connectivity index (χ1n) is 5.71. The van der Waals surface area contributed by atoms with E-state index < -0.39 is 5.60 Å². The molecule has 0 radical (unpaired) electrons. The number of nitrogens with one attached hydrogen (secondary N) is 1. The largest absolute Gasteiger partial charge is 0.388 e. The first-order chi connectivity index (χ1) is 8.22. The van der Waals surface area contributed by atoms with Gasteiger partial charge in [-0.1, -0.05) is 0 Å². The number of aliphatic hydroxyl groups is 1. The van der Waals surface area contributed by atoms with Crippen molar-refractivity contribution in [3.05, 3.63) is 21.9 Å². The third-order valence-electron chi connectivity index (χ3n) is 2.95. The van der Waals surface area contributed by atoms with Crippen molar-refractivity contribution >= 4 is 11.3 Å². The highest BCUT2D eigenvalue weighted by molar-refractivity contribution is 7.12. The fourth-order valence-corrected chi connectivity index (χ4v) is 2.65. The predicted octanol–water partition coefficient (Wildman–Crippen LogP) is 1.25. The van der Waals surface area contributed by atoms with E-state index in [1.54, 1.807) is 0 Å². The minimum atomic E-state index is -0.631. The van der Waals surface area contributed by atoms with E-state index in [1.165, 1.54) is 11.3 Å². The number of nitriles is 1. The molecule has 1 aromatic rings. The minimum absolute atomic E-state index is 0.580. The topological polar surface area (TPSA) is 65.3 Å². The molecule has 1 fully saturated rings. The molecule has 17 heavy (non-hydrogen) atoms. The van der Waals surface area contributed by atoms with Crippen LogP contribution in [0.3, 0.4) is 0 Å². The molecule has 0 amide bonds. The second kappa shape index (κ2) is 5.61. The standard InChI is InChI=1S/C12H16N2O2S/c13-7-10-1-2-11(17-10)8-14-9-12(15)3-5-16-6-4-12/h1-2,14-15H,3-6,8-9H2. The Morgan fingerprint density at radius 3 is 2.88 bits per heavy atom. The van der Waals surface area contributed by atoms with E-state index in [9.17, 15) is 5.11 Å². The molecule has 1 aromatic heterocycles.